The highest BCUT2D eigenvalue weighted by atomic mass is 35.5. The van der Waals surface area contributed by atoms with Crippen LogP contribution < -0.4 is 0 Å². The Bertz CT molecular complexity index is 631. The zero-order valence-corrected chi connectivity index (χ0v) is 12.3. The third-order valence-electron chi connectivity index (χ3n) is 2.87. The molecule has 0 aliphatic carbocycles. The molecule has 1 saturated heterocycles. The maximum Gasteiger partial charge on any atom is 0.308 e. The number of carboxylic acids is 1. The number of aliphatic carboxylic acids is 1. The third kappa shape index (κ3) is 3.11. The summed E-state index contributed by atoms with van der Waals surface area (Å²) in [7, 11) is -4.15. The van der Waals surface area contributed by atoms with Gasteiger partial charge in [-0.2, -0.15) is 4.31 Å². The van der Waals surface area contributed by atoms with E-state index in [-0.39, 0.29) is 8.55 Å². The zero-order valence-electron chi connectivity index (χ0n) is 9.92. The van der Waals surface area contributed by atoms with Crippen molar-refractivity contribution < 1.29 is 27.1 Å². The first-order valence-corrected chi connectivity index (χ1v) is 8.11. The molecule has 1 aromatic heterocycles. The van der Waals surface area contributed by atoms with Crippen LogP contribution in [-0.2, 0) is 14.8 Å². The largest absolute Gasteiger partial charge is 0.481 e. The van der Waals surface area contributed by atoms with Crippen molar-refractivity contribution >= 4 is 38.9 Å². The molecule has 0 amide bonds. The SMILES string of the molecule is O=C(O)C1CN(S(=O)(=O)c2ccc(Cl)s2)CC(F)(F)C1. The molecule has 10 heteroatoms. The minimum Gasteiger partial charge on any atom is -0.481 e. The molecule has 0 spiro atoms. The molecule has 1 fully saturated rings. The molecule has 1 aliphatic heterocycles. The molecule has 1 aliphatic rings. The summed E-state index contributed by atoms with van der Waals surface area (Å²) in [5.41, 5.74) is 0. The van der Waals surface area contributed by atoms with Crippen molar-refractivity contribution in [1.29, 1.82) is 0 Å². The van der Waals surface area contributed by atoms with Crippen LogP contribution >= 0.6 is 22.9 Å². The Morgan fingerprint density at radius 3 is 2.65 bits per heavy atom. The predicted octanol–water partition coefficient (Wildman–Crippen LogP) is 2.13. The lowest BCUT2D eigenvalue weighted by Crippen LogP contribution is -2.51. The van der Waals surface area contributed by atoms with Crippen LogP contribution in [0.15, 0.2) is 16.3 Å². The van der Waals surface area contributed by atoms with Gasteiger partial charge in [0.2, 0.25) is 0 Å². The quantitative estimate of drug-likeness (QED) is 0.910. The highest BCUT2D eigenvalue weighted by Crippen LogP contribution is 2.35. The molecular formula is C10H10ClF2NO4S2. The highest BCUT2D eigenvalue weighted by Gasteiger charge is 2.47. The Kier molecular flexibility index (Phi) is 4.07. The molecule has 0 bridgehead atoms. The van der Waals surface area contributed by atoms with Gasteiger partial charge in [-0.3, -0.25) is 4.79 Å². The van der Waals surface area contributed by atoms with E-state index < -0.39 is 47.3 Å². The van der Waals surface area contributed by atoms with Crippen molar-refractivity contribution in [2.75, 3.05) is 13.1 Å². The van der Waals surface area contributed by atoms with Crippen molar-refractivity contribution in [3.8, 4) is 0 Å². The molecule has 2 rings (SSSR count). The highest BCUT2D eigenvalue weighted by molar-refractivity contribution is 7.91. The molecule has 0 radical (unpaired) electrons. The summed E-state index contributed by atoms with van der Waals surface area (Å²) in [6.07, 6.45) is -0.862. The van der Waals surface area contributed by atoms with Gasteiger partial charge in [-0.05, 0) is 12.1 Å². The second-order valence-electron chi connectivity index (χ2n) is 4.45. The second kappa shape index (κ2) is 5.21. The first-order chi connectivity index (χ1) is 9.12. The molecule has 2 heterocycles. The Morgan fingerprint density at radius 2 is 2.15 bits per heavy atom. The van der Waals surface area contributed by atoms with Crippen LogP contribution in [0.5, 0.6) is 0 Å². The first-order valence-electron chi connectivity index (χ1n) is 5.48. The molecule has 112 valence electrons. The van der Waals surface area contributed by atoms with Crippen molar-refractivity contribution in [2.45, 2.75) is 16.6 Å². The number of sulfonamides is 1. The van der Waals surface area contributed by atoms with Gasteiger partial charge >= 0.3 is 5.97 Å². The van der Waals surface area contributed by atoms with Gasteiger partial charge in [0.05, 0.1) is 16.8 Å². The number of halogens is 3. The van der Waals surface area contributed by atoms with Gasteiger partial charge in [0.1, 0.15) is 4.21 Å². The number of piperidine rings is 1. The molecule has 0 aromatic carbocycles. The summed E-state index contributed by atoms with van der Waals surface area (Å²) in [6, 6.07) is 2.56. The fourth-order valence-corrected chi connectivity index (χ4v) is 5.12. The maximum atomic E-state index is 13.5. The number of carboxylic acid groups (broad SMARTS) is 1. The fourth-order valence-electron chi connectivity index (χ4n) is 1.97. The summed E-state index contributed by atoms with van der Waals surface area (Å²) in [6.45, 7) is -1.49. The zero-order chi connectivity index (χ0) is 15.1. The third-order valence-corrected chi connectivity index (χ3v) is 6.38. The van der Waals surface area contributed by atoms with E-state index in [0.717, 1.165) is 11.3 Å². The van der Waals surface area contributed by atoms with Crippen LogP contribution in [0.25, 0.3) is 0 Å². The molecule has 0 saturated carbocycles. The number of rotatable bonds is 3. The van der Waals surface area contributed by atoms with Crippen molar-refractivity contribution in [3.05, 3.63) is 16.5 Å². The number of thiophene rings is 1. The van der Waals surface area contributed by atoms with Crippen LogP contribution in [0, 0.1) is 5.92 Å². The fraction of sp³-hybridized carbons (Fsp3) is 0.500. The van der Waals surface area contributed by atoms with Gasteiger partial charge in [0.25, 0.3) is 15.9 Å². The van der Waals surface area contributed by atoms with E-state index in [1.807, 2.05) is 0 Å². The van der Waals surface area contributed by atoms with Crippen LogP contribution in [0.2, 0.25) is 4.34 Å². The van der Waals surface area contributed by atoms with Gasteiger partial charge in [-0.25, -0.2) is 17.2 Å². The molecule has 1 unspecified atom stereocenters. The number of carbonyl (C=O) groups is 1. The van der Waals surface area contributed by atoms with Gasteiger partial charge in [0.15, 0.2) is 0 Å². The standard InChI is InChI=1S/C10H10ClF2NO4S2/c11-7-1-2-8(19-7)20(17,18)14-4-6(9(15)16)3-10(12,13)5-14/h1-2,6H,3-5H2,(H,15,16). The molecule has 20 heavy (non-hydrogen) atoms. The van der Waals surface area contributed by atoms with Crippen molar-refractivity contribution in [1.82, 2.24) is 4.31 Å². The smallest absolute Gasteiger partial charge is 0.308 e. The van der Waals surface area contributed by atoms with Crippen LogP contribution in [-0.4, -0.2) is 42.8 Å². The van der Waals surface area contributed by atoms with Crippen LogP contribution in [0.1, 0.15) is 6.42 Å². The lowest BCUT2D eigenvalue weighted by Gasteiger charge is -2.34. The Labute approximate surface area is 122 Å². The van der Waals surface area contributed by atoms with E-state index in [1.54, 1.807) is 0 Å². The van der Waals surface area contributed by atoms with E-state index in [0.29, 0.717) is 4.31 Å². The second-order valence-corrected chi connectivity index (χ2v) is 8.33. The minimum absolute atomic E-state index is 0.177. The van der Waals surface area contributed by atoms with Crippen LogP contribution in [0.4, 0.5) is 8.78 Å². The summed E-state index contributed by atoms with van der Waals surface area (Å²) in [5, 5.41) is 8.86. The Balaban J connectivity index is 2.33. The van der Waals surface area contributed by atoms with Gasteiger partial charge < -0.3 is 5.11 Å². The minimum atomic E-state index is -4.15. The molecule has 1 atom stereocenters. The van der Waals surface area contributed by atoms with Crippen LogP contribution in [0.3, 0.4) is 0 Å². The molecule has 5 nitrogen and oxygen atoms in total. The van der Waals surface area contributed by atoms with Crippen molar-refractivity contribution in [2.24, 2.45) is 5.92 Å². The molecule has 1 N–H and O–H groups in total. The summed E-state index contributed by atoms with van der Waals surface area (Å²) >= 11 is 6.38. The average Bonchev–Trinajstić information content (AvgIpc) is 2.74. The maximum absolute atomic E-state index is 13.5. The van der Waals surface area contributed by atoms with E-state index in [1.165, 1.54) is 12.1 Å². The number of nitrogens with zero attached hydrogens (tertiary/aromatic N) is 1. The van der Waals surface area contributed by atoms with E-state index in [9.17, 15) is 22.0 Å². The number of alkyl halides is 2. The lowest BCUT2D eigenvalue weighted by molar-refractivity contribution is -0.150. The number of hydrogen-bond acceptors (Lipinski definition) is 4. The summed E-state index contributed by atoms with van der Waals surface area (Å²) < 4.78 is 52.0. The summed E-state index contributed by atoms with van der Waals surface area (Å²) in [4.78, 5) is 10.9. The van der Waals surface area contributed by atoms with E-state index >= 15 is 0 Å². The Hall–Kier alpha value is -0.770. The topological polar surface area (TPSA) is 74.7 Å². The Morgan fingerprint density at radius 1 is 1.50 bits per heavy atom. The monoisotopic (exact) mass is 345 g/mol. The summed E-state index contributed by atoms with van der Waals surface area (Å²) in [5.74, 6) is -6.23. The van der Waals surface area contributed by atoms with E-state index in [2.05, 4.69) is 0 Å². The van der Waals surface area contributed by atoms with Gasteiger partial charge in [0, 0.05) is 13.0 Å². The number of hydrogen-bond donors (Lipinski definition) is 1. The molecule has 1 aromatic rings. The van der Waals surface area contributed by atoms with E-state index in [4.69, 9.17) is 16.7 Å². The van der Waals surface area contributed by atoms with Gasteiger partial charge in [-0.15, -0.1) is 11.3 Å². The average molecular weight is 346 g/mol. The predicted molar refractivity (Wildman–Crippen MR) is 68.8 cm³/mol. The normalized spacial score (nSPS) is 23.6. The lowest BCUT2D eigenvalue weighted by atomic mass is 9.97. The van der Waals surface area contributed by atoms with Crippen molar-refractivity contribution in [3.63, 3.8) is 0 Å². The first kappa shape index (κ1) is 15.6. The molecular weight excluding hydrogens is 336 g/mol. The van der Waals surface area contributed by atoms with Gasteiger partial charge in [-0.1, -0.05) is 11.6 Å².